The van der Waals surface area contributed by atoms with Gasteiger partial charge in [-0.05, 0) is 158 Å². The third-order valence-corrected chi connectivity index (χ3v) is 15.2. The molecule has 0 atom stereocenters. The highest BCUT2D eigenvalue weighted by Gasteiger charge is 2.21. The van der Waals surface area contributed by atoms with Crippen molar-refractivity contribution in [2.45, 2.75) is 0 Å². The van der Waals surface area contributed by atoms with Crippen molar-refractivity contribution in [1.29, 1.82) is 0 Å². The Morgan fingerprint density at radius 2 is 0.515 bits per heavy atom. The van der Waals surface area contributed by atoms with E-state index in [-0.39, 0.29) is 0 Å². The smallest absolute Gasteiger partial charge is 0.0462 e. The summed E-state index contributed by atoms with van der Waals surface area (Å²) >= 11 is 3.72. The van der Waals surface area contributed by atoms with Crippen molar-refractivity contribution < 1.29 is 0 Å². The first kappa shape index (κ1) is 41.2. The van der Waals surface area contributed by atoms with E-state index in [0.29, 0.717) is 0 Å². The van der Waals surface area contributed by atoms with Crippen molar-refractivity contribution in [2.75, 3.05) is 9.80 Å². The lowest BCUT2D eigenvalue weighted by molar-refractivity contribution is 1.28. The molecule has 0 unspecified atom stereocenters. The molecule has 4 heteroatoms. The van der Waals surface area contributed by atoms with Crippen LogP contribution in [-0.2, 0) is 0 Å². The number of benzene rings is 10. The lowest BCUT2D eigenvalue weighted by Crippen LogP contribution is -2.09. The zero-order valence-corrected chi connectivity index (χ0v) is 38.7. The molecule has 0 aliphatic rings. The highest BCUT2D eigenvalue weighted by atomic mass is 32.1. The number of para-hydroxylation sites is 4. The molecule has 0 spiro atoms. The van der Waals surface area contributed by atoms with E-state index in [1.165, 1.54) is 74.4 Å². The van der Waals surface area contributed by atoms with Crippen molar-refractivity contribution in [1.82, 2.24) is 0 Å². The highest BCUT2D eigenvalue weighted by Crippen LogP contribution is 2.48. The van der Waals surface area contributed by atoms with E-state index >= 15 is 0 Å². The summed E-state index contributed by atoms with van der Waals surface area (Å²) in [6.07, 6.45) is 0. The van der Waals surface area contributed by atoms with Gasteiger partial charge in [-0.2, -0.15) is 0 Å². The molecule has 0 N–H and O–H groups in total. The fraction of sp³-hybridized carbons (Fsp3) is 0. The number of thiophene rings is 2. The largest absolute Gasteiger partial charge is 0.311 e. The minimum Gasteiger partial charge on any atom is -0.311 e. The molecule has 0 aliphatic carbocycles. The van der Waals surface area contributed by atoms with Gasteiger partial charge in [0, 0.05) is 53.6 Å². The third kappa shape index (κ3) is 7.86. The zero-order chi connectivity index (χ0) is 45.2. The second-order valence-corrected chi connectivity index (χ2v) is 19.0. The first-order valence-corrected chi connectivity index (χ1v) is 24.6. The molecule has 2 heterocycles. The molecule has 0 radical (unpaired) electrons. The molecule has 2 nitrogen and oxygen atoms in total. The molecule has 0 saturated carbocycles. The van der Waals surface area contributed by atoms with Gasteiger partial charge in [0.15, 0.2) is 0 Å². The van der Waals surface area contributed by atoms with Crippen LogP contribution >= 0.6 is 22.7 Å². The predicted octanol–water partition coefficient (Wildman–Crippen LogP) is 19.4. The van der Waals surface area contributed by atoms with Crippen molar-refractivity contribution >= 4 is 78.3 Å². The second kappa shape index (κ2) is 18.2. The molecule has 0 bridgehead atoms. The topological polar surface area (TPSA) is 6.48 Å². The molecule has 12 aromatic rings. The molecule has 0 fully saturated rings. The van der Waals surface area contributed by atoms with Gasteiger partial charge in [-0.3, -0.25) is 0 Å². The van der Waals surface area contributed by atoms with Gasteiger partial charge >= 0.3 is 0 Å². The standard InChI is InChI=1S/C64H44N2S2/c1-6-18-45(19-7-1)59-40-42-61(67-59)62-43-41-60(68-62)48-34-39-57-58(44-48)64(47-32-37-54(38-33-47)66(51-24-12-4-13-25-51)52-26-14-5-15-27-52)56-29-17-16-28-55(56)63(57)46-30-35-53(36-31-46)65(49-20-8-2-9-21-49)50-22-10-3-11-23-50/h1-44H. The number of nitrogens with zero attached hydrogens (tertiary/aromatic N) is 2. The van der Waals surface area contributed by atoms with Crippen LogP contribution in [0.25, 0.3) is 74.4 Å². The summed E-state index contributed by atoms with van der Waals surface area (Å²) in [5.74, 6) is 0. The fourth-order valence-corrected chi connectivity index (χ4v) is 11.7. The average Bonchev–Trinajstić information content (AvgIpc) is 4.12. The summed E-state index contributed by atoms with van der Waals surface area (Å²) in [5, 5.41) is 4.90. The van der Waals surface area contributed by atoms with Crippen LogP contribution in [-0.4, -0.2) is 0 Å². The Morgan fingerprint density at radius 1 is 0.206 bits per heavy atom. The first-order valence-electron chi connectivity index (χ1n) is 23.0. The van der Waals surface area contributed by atoms with Gasteiger partial charge in [0.25, 0.3) is 0 Å². The summed E-state index contributed by atoms with van der Waals surface area (Å²) in [7, 11) is 0. The lowest BCUT2D eigenvalue weighted by Gasteiger charge is -2.26. The third-order valence-electron chi connectivity index (χ3n) is 12.7. The molecule has 0 saturated heterocycles. The number of anilines is 6. The van der Waals surface area contributed by atoms with Gasteiger partial charge in [-0.1, -0.05) is 164 Å². The molecule has 0 aliphatic heterocycles. The Kier molecular flexibility index (Phi) is 11.0. The van der Waals surface area contributed by atoms with Gasteiger partial charge in [0.2, 0.25) is 0 Å². The first-order chi connectivity index (χ1) is 33.7. The van der Waals surface area contributed by atoms with Crippen LogP contribution in [0.5, 0.6) is 0 Å². The van der Waals surface area contributed by atoms with Gasteiger partial charge in [0.1, 0.15) is 0 Å². The molecule has 12 rings (SSSR count). The Hall–Kier alpha value is -8.28. The maximum Gasteiger partial charge on any atom is 0.0462 e. The maximum atomic E-state index is 2.44. The summed E-state index contributed by atoms with van der Waals surface area (Å²) in [5.41, 5.74) is 14.0. The van der Waals surface area contributed by atoms with E-state index in [9.17, 15) is 0 Å². The number of hydrogen-bond acceptors (Lipinski definition) is 4. The molecule has 2 aromatic heterocycles. The van der Waals surface area contributed by atoms with E-state index in [0.717, 1.165) is 34.1 Å². The molecule has 68 heavy (non-hydrogen) atoms. The van der Waals surface area contributed by atoms with Gasteiger partial charge in [-0.25, -0.2) is 0 Å². The number of hydrogen-bond donors (Lipinski definition) is 0. The van der Waals surface area contributed by atoms with E-state index < -0.39 is 0 Å². The van der Waals surface area contributed by atoms with Crippen molar-refractivity contribution in [2.24, 2.45) is 0 Å². The number of fused-ring (bicyclic) bond motifs is 2. The predicted molar refractivity (Wildman–Crippen MR) is 294 cm³/mol. The van der Waals surface area contributed by atoms with Gasteiger partial charge in [-0.15, -0.1) is 22.7 Å². The van der Waals surface area contributed by atoms with Crippen LogP contribution in [0.15, 0.2) is 267 Å². The summed E-state index contributed by atoms with van der Waals surface area (Å²) in [4.78, 5) is 9.75. The quantitative estimate of drug-likeness (QED) is 0.119. The average molecular weight is 905 g/mol. The van der Waals surface area contributed by atoms with Gasteiger partial charge < -0.3 is 9.80 Å². The summed E-state index contributed by atoms with van der Waals surface area (Å²) < 4.78 is 0. The second-order valence-electron chi connectivity index (χ2n) is 16.9. The number of rotatable bonds is 11. The Morgan fingerprint density at radius 3 is 0.941 bits per heavy atom. The van der Waals surface area contributed by atoms with Crippen LogP contribution in [0.1, 0.15) is 0 Å². The minimum absolute atomic E-state index is 1.10. The molecule has 0 amide bonds. The van der Waals surface area contributed by atoms with Gasteiger partial charge in [0.05, 0.1) is 0 Å². The van der Waals surface area contributed by atoms with E-state index in [2.05, 4.69) is 277 Å². The van der Waals surface area contributed by atoms with Crippen LogP contribution in [0.4, 0.5) is 34.1 Å². The normalized spacial score (nSPS) is 11.2. The van der Waals surface area contributed by atoms with Crippen LogP contribution in [0, 0.1) is 0 Å². The van der Waals surface area contributed by atoms with Crippen LogP contribution in [0.2, 0.25) is 0 Å². The zero-order valence-electron chi connectivity index (χ0n) is 37.1. The fourth-order valence-electron chi connectivity index (χ4n) is 9.56. The van der Waals surface area contributed by atoms with Crippen LogP contribution in [0.3, 0.4) is 0 Å². The Balaban J connectivity index is 1.01. The SMILES string of the molecule is c1ccc(-c2ccc(-c3ccc(-c4ccc5c(-c6ccc(N(c7ccccc7)c7ccccc7)cc6)c6ccccc6c(-c6ccc(N(c7ccccc7)c7ccccc7)cc6)c5c4)s3)s2)cc1. The Bertz CT molecular complexity index is 3560. The minimum atomic E-state index is 1.10. The summed E-state index contributed by atoms with van der Waals surface area (Å²) in [6.45, 7) is 0. The molecular weight excluding hydrogens is 861 g/mol. The van der Waals surface area contributed by atoms with Crippen LogP contribution < -0.4 is 9.80 Å². The van der Waals surface area contributed by atoms with Crippen molar-refractivity contribution in [3.8, 4) is 52.9 Å². The van der Waals surface area contributed by atoms with E-state index in [1.54, 1.807) is 0 Å². The molecule has 322 valence electrons. The van der Waals surface area contributed by atoms with Crippen molar-refractivity contribution in [3.05, 3.63) is 267 Å². The molecular formula is C64H44N2S2. The maximum absolute atomic E-state index is 2.44. The Labute approximate surface area is 405 Å². The van der Waals surface area contributed by atoms with Crippen molar-refractivity contribution in [3.63, 3.8) is 0 Å². The summed E-state index contributed by atoms with van der Waals surface area (Å²) in [6, 6.07) is 96.7. The monoisotopic (exact) mass is 904 g/mol. The highest BCUT2D eigenvalue weighted by molar-refractivity contribution is 7.25. The van der Waals surface area contributed by atoms with E-state index in [1.807, 2.05) is 22.7 Å². The van der Waals surface area contributed by atoms with E-state index in [4.69, 9.17) is 0 Å². The molecule has 10 aromatic carbocycles. The lowest BCUT2D eigenvalue weighted by atomic mass is 9.85.